The molecule has 0 aromatic rings. The summed E-state index contributed by atoms with van der Waals surface area (Å²) in [6, 6.07) is 0. The van der Waals surface area contributed by atoms with Crippen LogP contribution in [-0.4, -0.2) is 68.3 Å². The largest absolute Gasteiger partial charge is 0.314 e. The van der Waals surface area contributed by atoms with E-state index < -0.39 is 6.17 Å². The monoisotopic (exact) mass is 271 g/mol. The minimum atomic E-state index is -0.647. The van der Waals surface area contributed by atoms with Crippen LogP contribution < -0.4 is 5.32 Å². The number of likely N-dealkylation sites (tertiary alicyclic amines) is 1. The van der Waals surface area contributed by atoms with Crippen molar-refractivity contribution in [3.63, 3.8) is 0 Å². The Labute approximate surface area is 117 Å². The lowest BCUT2D eigenvalue weighted by Crippen LogP contribution is -2.51. The topological polar surface area (TPSA) is 18.5 Å². The summed E-state index contributed by atoms with van der Waals surface area (Å²) in [5.74, 6) is 0.245. The van der Waals surface area contributed by atoms with Gasteiger partial charge in [-0.05, 0) is 18.4 Å². The lowest BCUT2D eigenvalue weighted by molar-refractivity contribution is 0.0430. The fourth-order valence-electron chi connectivity index (χ4n) is 3.26. The van der Waals surface area contributed by atoms with E-state index in [1.54, 1.807) is 0 Å². The van der Waals surface area contributed by atoms with Crippen LogP contribution in [-0.2, 0) is 0 Å². The van der Waals surface area contributed by atoms with Gasteiger partial charge in [0.2, 0.25) is 0 Å². The van der Waals surface area contributed by atoms with Crippen LogP contribution in [0.15, 0.2) is 0 Å². The van der Waals surface area contributed by atoms with Crippen LogP contribution in [0.5, 0.6) is 0 Å². The summed E-state index contributed by atoms with van der Waals surface area (Å²) in [5, 5.41) is 3.35. The Balaban J connectivity index is 1.76. The molecule has 0 saturated carbocycles. The van der Waals surface area contributed by atoms with E-state index in [1.807, 2.05) is 0 Å². The SMILES string of the molecule is CC(C)(C)CN1CCC(CN2CCNCC2)C(F)C1. The third-order valence-electron chi connectivity index (χ3n) is 4.16. The predicted molar refractivity (Wildman–Crippen MR) is 78.2 cm³/mol. The van der Waals surface area contributed by atoms with Crippen LogP contribution in [0.25, 0.3) is 0 Å². The molecule has 0 aromatic heterocycles. The van der Waals surface area contributed by atoms with Gasteiger partial charge in [-0.2, -0.15) is 0 Å². The molecule has 1 N–H and O–H groups in total. The standard InChI is InChI=1S/C15H30FN3/c1-15(2,3)12-19-7-4-13(14(16)11-19)10-18-8-5-17-6-9-18/h13-14,17H,4-12H2,1-3H3. The van der Waals surface area contributed by atoms with Gasteiger partial charge in [-0.15, -0.1) is 0 Å². The highest BCUT2D eigenvalue weighted by Gasteiger charge is 2.32. The first-order chi connectivity index (χ1) is 8.94. The summed E-state index contributed by atoms with van der Waals surface area (Å²) in [6.45, 7) is 14.6. The molecular weight excluding hydrogens is 241 g/mol. The van der Waals surface area contributed by atoms with Crippen molar-refractivity contribution in [2.24, 2.45) is 11.3 Å². The second-order valence-corrected chi connectivity index (χ2v) is 7.41. The Morgan fingerprint density at radius 2 is 1.79 bits per heavy atom. The van der Waals surface area contributed by atoms with Gasteiger partial charge in [0.1, 0.15) is 6.17 Å². The molecule has 4 heteroatoms. The second kappa shape index (κ2) is 6.51. The van der Waals surface area contributed by atoms with Crippen molar-refractivity contribution < 1.29 is 4.39 Å². The predicted octanol–water partition coefficient (Wildman–Crippen LogP) is 1.60. The van der Waals surface area contributed by atoms with E-state index in [0.717, 1.165) is 52.2 Å². The summed E-state index contributed by atoms with van der Waals surface area (Å²) >= 11 is 0. The zero-order chi connectivity index (χ0) is 13.9. The molecular formula is C15H30FN3. The summed E-state index contributed by atoms with van der Waals surface area (Å²) in [6.07, 6.45) is 0.368. The quantitative estimate of drug-likeness (QED) is 0.841. The average Bonchev–Trinajstić information content (AvgIpc) is 2.32. The summed E-state index contributed by atoms with van der Waals surface area (Å²) in [7, 11) is 0. The van der Waals surface area contributed by atoms with Gasteiger partial charge in [0.25, 0.3) is 0 Å². The van der Waals surface area contributed by atoms with Gasteiger partial charge >= 0.3 is 0 Å². The Morgan fingerprint density at radius 3 is 2.37 bits per heavy atom. The lowest BCUT2D eigenvalue weighted by Gasteiger charge is -2.40. The maximum absolute atomic E-state index is 14.3. The number of hydrogen-bond donors (Lipinski definition) is 1. The van der Waals surface area contributed by atoms with Gasteiger partial charge in [0.05, 0.1) is 0 Å². The molecule has 0 bridgehead atoms. The molecule has 2 heterocycles. The minimum Gasteiger partial charge on any atom is -0.314 e. The molecule has 2 unspecified atom stereocenters. The first kappa shape index (κ1) is 15.2. The molecule has 0 amide bonds. The highest BCUT2D eigenvalue weighted by molar-refractivity contribution is 4.85. The average molecular weight is 271 g/mol. The Kier molecular flexibility index (Phi) is 5.21. The number of rotatable bonds is 3. The maximum atomic E-state index is 14.3. The second-order valence-electron chi connectivity index (χ2n) is 7.41. The molecule has 19 heavy (non-hydrogen) atoms. The Morgan fingerprint density at radius 1 is 1.11 bits per heavy atom. The van der Waals surface area contributed by atoms with E-state index in [4.69, 9.17) is 0 Å². The normalized spacial score (nSPS) is 31.6. The van der Waals surface area contributed by atoms with Gasteiger partial charge < -0.3 is 10.2 Å². The van der Waals surface area contributed by atoms with Crippen LogP contribution in [0, 0.1) is 11.3 Å². The number of halogens is 1. The summed E-state index contributed by atoms with van der Waals surface area (Å²) < 4.78 is 14.3. The van der Waals surface area contributed by atoms with Crippen molar-refractivity contribution in [2.45, 2.75) is 33.4 Å². The highest BCUT2D eigenvalue weighted by atomic mass is 19.1. The first-order valence-corrected chi connectivity index (χ1v) is 7.73. The van der Waals surface area contributed by atoms with E-state index in [2.05, 4.69) is 35.9 Å². The summed E-state index contributed by atoms with van der Waals surface area (Å²) in [5.41, 5.74) is 0.269. The number of hydrogen-bond acceptors (Lipinski definition) is 3. The van der Waals surface area contributed by atoms with Gasteiger partial charge in [-0.3, -0.25) is 4.90 Å². The number of piperidine rings is 1. The first-order valence-electron chi connectivity index (χ1n) is 7.73. The van der Waals surface area contributed by atoms with Gasteiger partial charge in [-0.1, -0.05) is 20.8 Å². The minimum absolute atomic E-state index is 0.245. The Bertz CT molecular complexity index is 271. The van der Waals surface area contributed by atoms with Crippen molar-refractivity contribution >= 4 is 0 Å². The third-order valence-corrected chi connectivity index (χ3v) is 4.16. The third kappa shape index (κ3) is 5.01. The number of alkyl halides is 1. The lowest BCUT2D eigenvalue weighted by atomic mass is 9.90. The van der Waals surface area contributed by atoms with Crippen molar-refractivity contribution in [1.29, 1.82) is 0 Å². The molecule has 2 aliphatic heterocycles. The fourth-order valence-corrected chi connectivity index (χ4v) is 3.26. The molecule has 0 spiro atoms. The van der Waals surface area contributed by atoms with Crippen LogP contribution >= 0.6 is 0 Å². The molecule has 2 atom stereocenters. The Hall–Kier alpha value is -0.190. The van der Waals surface area contributed by atoms with Gasteiger partial charge in [-0.25, -0.2) is 4.39 Å². The molecule has 0 radical (unpaired) electrons. The zero-order valence-corrected chi connectivity index (χ0v) is 12.8. The van der Waals surface area contributed by atoms with Gasteiger partial charge in [0.15, 0.2) is 0 Å². The molecule has 112 valence electrons. The van der Waals surface area contributed by atoms with Crippen LogP contribution in [0.1, 0.15) is 27.2 Å². The van der Waals surface area contributed by atoms with Crippen LogP contribution in [0.3, 0.4) is 0 Å². The molecule has 2 aliphatic rings. The molecule has 3 nitrogen and oxygen atoms in total. The number of nitrogens with zero attached hydrogens (tertiary/aromatic N) is 2. The van der Waals surface area contributed by atoms with E-state index in [9.17, 15) is 4.39 Å². The van der Waals surface area contributed by atoms with E-state index in [0.29, 0.717) is 6.54 Å². The highest BCUT2D eigenvalue weighted by Crippen LogP contribution is 2.25. The fraction of sp³-hybridized carbons (Fsp3) is 1.00. The van der Waals surface area contributed by atoms with Gasteiger partial charge in [0, 0.05) is 51.7 Å². The zero-order valence-electron chi connectivity index (χ0n) is 12.8. The molecule has 2 fully saturated rings. The number of nitrogens with one attached hydrogen (secondary N) is 1. The van der Waals surface area contributed by atoms with Crippen molar-refractivity contribution in [1.82, 2.24) is 15.1 Å². The van der Waals surface area contributed by atoms with Crippen molar-refractivity contribution in [3.05, 3.63) is 0 Å². The summed E-state index contributed by atoms with van der Waals surface area (Å²) in [4.78, 5) is 4.73. The molecule has 0 aromatic carbocycles. The number of piperazine rings is 1. The maximum Gasteiger partial charge on any atom is 0.117 e. The van der Waals surface area contributed by atoms with Crippen LogP contribution in [0.4, 0.5) is 4.39 Å². The van der Waals surface area contributed by atoms with E-state index in [-0.39, 0.29) is 11.3 Å². The van der Waals surface area contributed by atoms with E-state index >= 15 is 0 Å². The van der Waals surface area contributed by atoms with Crippen LogP contribution in [0.2, 0.25) is 0 Å². The van der Waals surface area contributed by atoms with Crippen molar-refractivity contribution in [3.8, 4) is 0 Å². The molecule has 0 aliphatic carbocycles. The van der Waals surface area contributed by atoms with Crippen molar-refractivity contribution in [2.75, 3.05) is 52.4 Å². The van der Waals surface area contributed by atoms with E-state index in [1.165, 1.54) is 0 Å². The smallest absolute Gasteiger partial charge is 0.117 e. The molecule has 2 saturated heterocycles. The molecule has 2 rings (SSSR count).